The maximum Gasteiger partial charge on any atom is 0.154 e. The molecule has 1 heterocycles. The molecule has 1 fully saturated rings. The summed E-state index contributed by atoms with van der Waals surface area (Å²) >= 11 is 7.13. The van der Waals surface area contributed by atoms with Crippen LogP contribution in [-0.4, -0.2) is 36.4 Å². The Morgan fingerprint density at radius 3 is 2.38 bits per heavy atom. The normalized spacial score (nSPS) is 28.1. The van der Waals surface area contributed by atoms with Crippen molar-refractivity contribution >= 4 is 33.2 Å². The molecular weight excluding hydrogens is 268 g/mol. The van der Waals surface area contributed by atoms with Crippen molar-refractivity contribution in [3.8, 4) is 0 Å². The lowest BCUT2D eigenvalue weighted by Crippen LogP contribution is -2.19. The van der Waals surface area contributed by atoms with Crippen LogP contribution in [0.15, 0.2) is 29.2 Å². The first kappa shape index (κ1) is 12.2. The number of hydrogen-bond acceptors (Lipinski definition) is 4. The first-order chi connectivity index (χ1) is 7.46. The molecule has 2 atom stereocenters. The molecular formula is C10H11ClO3S2. The summed E-state index contributed by atoms with van der Waals surface area (Å²) in [4.78, 5) is 0.922. The SMILES string of the molecule is O=S1(=O)C[C@@H](O)[C@H](Sc2ccc(Cl)cc2)C1. The van der Waals surface area contributed by atoms with Crippen LogP contribution in [0.2, 0.25) is 5.02 Å². The van der Waals surface area contributed by atoms with Crippen LogP contribution in [0.5, 0.6) is 0 Å². The van der Waals surface area contributed by atoms with Crippen LogP contribution >= 0.6 is 23.4 Å². The van der Waals surface area contributed by atoms with E-state index in [-0.39, 0.29) is 16.8 Å². The molecule has 0 bridgehead atoms. The highest BCUT2D eigenvalue weighted by Gasteiger charge is 2.36. The summed E-state index contributed by atoms with van der Waals surface area (Å²) in [5.74, 6) is -0.0836. The van der Waals surface area contributed by atoms with Crippen LogP contribution in [0.1, 0.15) is 0 Å². The Morgan fingerprint density at radius 1 is 1.25 bits per heavy atom. The minimum absolute atomic E-state index is 0.0431. The maximum atomic E-state index is 11.3. The summed E-state index contributed by atoms with van der Waals surface area (Å²) in [6, 6.07) is 7.15. The predicted molar refractivity (Wildman–Crippen MR) is 65.8 cm³/mol. The molecule has 0 spiro atoms. The maximum absolute atomic E-state index is 11.3. The number of sulfone groups is 1. The predicted octanol–water partition coefficient (Wildman–Crippen LogP) is 1.59. The number of aliphatic hydroxyl groups is 1. The molecule has 1 saturated heterocycles. The quantitative estimate of drug-likeness (QED) is 0.893. The second-order valence-electron chi connectivity index (χ2n) is 3.75. The Bertz CT molecular complexity index is 469. The zero-order valence-electron chi connectivity index (χ0n) is 8.34. The van der Waals surface area contributed by atoms with Gasteiger partial charge in [0.2, 0.25) is 0 Å². The van der Waals surface area contributed by atoms with E-state index in [1.54, 1.807) is 12.1 Å². The van der Waals surface area contributed by atoms with Crippen molar-refractivity contribution in [2.24, 2.45) is 0 Å². The number of aliphatic hydroxyl groups excluding tert-OH is 1. The monoisotopic (exact) mass is 278 g/mol. The van der Waals surface area contributed by atoms with E-state index in [4.69, 9.17) is 11.6 Å². The molecule has 0 unspecified atom stereocenters. The van der Waals surface area contributed by atoms with Crippen LogP contribution < -0.4 is 0 Å². The third-order valence-corrected chi connectivity index (χ3v) is 5.88. The number of benzene rings is 1. The van der Waals surface area contributed by atoms with Crippen LogP contribution in [0.3, 0.4) is 0 Å². The Kier molecular flexibility index (Phi) is 3.49. The lowest BCUT2D eigenvalue weighted by molar-refractivity contribution is 0.207. The summed E-state index contributed by atoms with van der Waals surface area (Å²) in [6.45, 7) is 0. The van der Waals surface area contributed by atoms with Gasteiger partial charge in [0, 0.05) is 9.92 Å². The second kappa shape index (κ2) is 4.56. The fraction of sp³-hybridized carbons (Fsp3) is 0.400. The van der Waals surface area contributed by atoms with Gasteiger partial charge in [-0.3, -0.25) is 0 Å². The van der Waals surface area contributed by atoms with Crippen molar-refractivity contribution in [3.63, 3.8) is 0 Å². The van der Waals surface area contributed by atoms with E-state index in [0.29, 0.717) is 5.02 Å². The number of hydrogen-bond donors (Lipinski definition) is 1. The smallest absolute Gasteiger partial charge is 0.154 e. The Morgan fingerprint density at radius 2 is 1.88 bits per heavy atom. The number of rotatable bonds is 2. The molecule has 0 aromatic heterocycles. The lowest BCUT2D eigenvalue weighted by Gasteiger charge is -2.11. The molecule has 1 aromatic carbocycles. The molecule has 3 nitrogen and oxygen atoms in total. The molecule has 0 amide bonds. The van der Waals surface area contributed by atoms with Gasteiger partial charge in [0.05, 0.1) is 22.9 Å². The molecule has 1 aromatic rings. The zero-order valence-corrected chi connectivity index (χ0v) is 10.7. The molecule has 1 N–H and O–H groups in total. The molecule has 0 saturated carbocycles. The molecule has 2 rings (SSSR count). The molecule has 88 valence electrons. The average Bonchev–Trinajstić information content (AvgIpc) is 2.44. The van der Waals surface area contributed by atoms with E-state index in [9.17, 15) is 13.5 Å². The molecule has 6 heteroatoms. The van der Waals surface area contributed by atoms with Gasteiger partial charge in [-0.2, -0.15) is 0 Å². The topological polar surface area (TPSA) is 54.4 Å². The van der Waals surface area contributed by atoms with Gasteiger partial charge in [-0.05, 0) is 24.3 Å². The second-order valence-corrected chi connectivity index (χ2v) is 7.66. The standard InChI is InChI=1S/C10H11ClO3S2/c11-7-1-3-8(4-2-7)15-10-6-16(13,14)5-9(10)12/h1-4,9-10,12H,5-6H2/t9-,10-/m1/s1. The third-order valence-electron chi connectivity index (χ3n) is 2.37. The van der Waals surface area contributed by atoms with E-state index in [1.165, 1.54) is 11.8 Å². The van der Waals surface area contributed by atoms with Crippen molar-refractivity contribution in [1.29, 1.82) is 0 Å². The van der Waals surface area contributed by atoms with Crippen LogP contribution in [0, 0.1) is 0 Å². The summed E-state index contributed by atoms with van der Waals surface area (Å²) in [5, 5.41) is 9.98. The largest absolute Gasteiger partial charge is 0.391 e. The molecule has 0 radical (unpaired) electrons. The highest BCUT2D eigenvalue weighted by molar-refractivity contribution is 8.02. The molecule has 16 heavy (non-hydrogen) atoms. The third kappa shape index (κ3) is 2.91. The fourth-order valence-corrected chi connectivity index (χ4v) is 5.25. The van der Waals surface area contributed by atoms with Gasteiger partial charge in [-0.15, -0.1) is 11.8 Å². The van der Waals surface area contributed by atoms with Gasteiger partial charge in [-0.25, -0.2) is 8.42 Å². The molecule has 1 aliphatic rings. The fourth-order valence-electron chi connectivity index (χ4n) is 1.60. The Labute approximate surface area is 104 Å². The molecule has 1 aliphatic heterocycles. The first-order valence-corrected chi connectivity index (χ1v) is 7.85. The van der Waals surface area contributed by atoms with Crippen LogP contribution in [0.4, 0.5) is 0 Å². The van der Waals surface area contributed by atoms with Gasteiger partial charge in [-0.1, -0.05) is 11.6 Å². The Hall–Kier alpha value is -0.230. The van der Waals surface area contributed by atoms with E-state index < -0.39 is 15.9 Å². The summed E-state index contributed by atoms with van der Waals surface area (Å²) < 4.78 is 22.6. The van der Waals surface area contributed by atoms with Crippen molar-refractivity contribution in [1.82, 2.24) is 0 Å². The van der Waals surface area contributed by atoms with Gasteiger partial charge in [0.25, 0.3) is 0 Å². The Balaban J connectivity index is 2.08. The van der Waals surface area contributed by atoms with E-state index >= 15 is 0 Å². The number of halogens is 1. The highest BCUT2D eigenvalue weighted by atomic mass is 35.5. The highest BCUT2D eigenvalue weighted by Crippen LogP contribution is 2.31. The van der Waals surface area contributed by atoms with E-state index in [0.717, 1.165) is 4.90 Å². The zero-order chi connectivity index (χ0) is 11.8. The summed E-state index contributed by atoms with van der Waals surface area (Å²) in [6.07, 6.45) is -0.773. The minimum Gasteiger partial charge on any atom is -0.391 e. The van der Waals surface area contributed by atoms with Crippen LogP contribution in [-0.2, 0) is 9.84 Å². The van der Waals surface area contributed by atoms with E-state index in [2.05, 4.69) is 0 Å². The van der Waals surface area contributed by atoms with Gasteiger partial charge in [0.15, 0.2) is 9.84 Å². The van der Waals surface area contributed by atoms with Gasteiger partial charge >= 0.3 is 0 Å². The van der Waals surface area contributed by atoms with E-state index in [1.807, 2.05) is 12.1 Å². The first-order valence-electron chi connectivity index (χ1n) is 4.77. The summed E-state index contributed by atoms with van der Waals surface area (Å²) in [5.41, 5.74) is 0. The van der Waals surface area contributed by atoms with Crippen LogP contribution in [0.25, 0.3) is 0 Å². The number of thioether (sulfide) groups is 1. The molecule has 0 aliphatic carbocycles. The average molecular weight is 279 g/mol. The lowest BCUT2D eigenvalue weighted by atomic mass is 10.3. The van der Waals surface area contributed by atoms with Crippen molar-refractivity contribution in [2.75, 3.05) is 11.5 Å². The van der Waals surface area contributed by atoms with Crippen molar-refractivity contribution < 1.29 is 13.5 Å². The van der Waals surface area contributed by atoms with Crippen molar-refractivity contribution in [3.05, 3.63) is 29.3 Å². The summed E-state index contributed by atoms with van der Waals surface area (Å²) in [7, 11) is -3.07. The van der Waals surface area contributed by atoms with Crippen molar-refractivity contribution in [2.45, 2.75) is 16.2 Å². The minimum atomic E-state index is -3.07. The van der Waals surface area contributed by atoms with Gasteiger partial charge in [0.1, 0.15) is 0 Å². The van der Waals surface area contributed by atoms with Gasteiger partial charge < -0.3 is 5.11 Å².